The third-order valence-corrected chi connectivity index (χ3v) is 4.65. The van der Waals surface area contributed by atoms with Gasteiger partial charge in [-0.1, -0.05) is 30.5 Å². The van der Waals surface area contributed by atoms with Gasteiger partial charge in [0.1, 0.15) is 0 Å². The summed E-state index contributed by atoms with van der Waals surface area (Å²) in [6.07, 6.45) is 4.20. The zero-order valence-electron chi connectivity index (χ0n) is 12.3. The normalized spacial score (nSPS) is 22.1. The maximum Gasteiger partial charge on any atom is 0.257 e. The molecule has 1 saturated carbocycles. The van der Waals surface area contributed by atoms with Gasteiger partial charge >= 0.3 is 0 Å². The van der Waals surface area contributed by atoms with Crippen LogP contribution in [0.25, 0.3) is 0 Å². The highest BCUT2D eigenvalue weighted by molar-refractivity contribution is 6.31. The standard InChI is InChI=1S/C16H22ClFN2O/c1-2-20(14-9-4-3-6-11(14)10-19)16(21)12-7-5-8-13(17)15(12)18/h5,7-8,11,14H,2-4,6,9-10,19H2,1H3. The van der Waals surface area contributed by atoms with E-state index in [4.69, 9.17) is 17.3 Å². The van der Waals surface area contributed by atoms with Crippen molar-refractivity contribution >= 4 is 17.5 Å². The van der Waals surface area contributed by atoms with Crippen molar-refractivity contribution in [3.05, 3.63) is 34.6 Å². The number of hydrogen-bond donors (Lipinski definition) is 1. The monoisotopic (exact) mass is 312 g/mol. The first kappa shape index (κ1) is 16.2. The van der Waals surface area contributed by atoms with Crippen LogP contribution in [0.15, 0.2) is 18.2 Å². The van der Waals surface area contributed by atoms with Gasteiger partial charge in [-0.05, 0) is 44.4 Å². The number of nitrogens with zero attached hydrogens (tertiary/aromatic N) is 1. The lowest BCUT2D eigenvalue weighted by Crippen LogP contribution is -2.48. The number of amides is 1. The zero-order chi connectivity index (χ0) is 15.4. The Morgan fingerprint density at radius 3 is 2.81 bits per heavy atom. The number of hydrogen-bond acceptors (Lipinski definition) is 2. The minimum absolute atomic E-state index is 0.0177. The lowest BCUT2D eigenvalue weighted by molar-refractivity contribution is 0.0555. The molecule has 1 amide bonds. The van der Waals surface area contributed by atoms with E-state index in [1.54, 1.807) is 11.0 Å². The minimum atomic E-state index is -0.636. The maximum absolute atomic E-state index is 14.1. The molecule has 0 radical (unpaired) electrons. The van der Waals surface area contributed by atoms with E-state index in [2.05, 4.69) is 0 Å². The number of rotatable bonds is 4. The highest BCUT2D eigenvalue weighted by atomic mass is 35.5. The predicted molar refractivity (Wildman–Crippen MR) is 82.9 cm³/mol. The molecule has 3 nitrogen and oxygen atoms in total. The highest BCUT2D eigenvalue weighted by Gasteiger charge is 2.32. The Kier molecular flexibility index (Phi) is 5.59. The molecule has 21 heavy (non-hydrogen) atoms. The van der Waals surface area contributed by atoms with Gasteiger partial charge in [0.05, 0.1) is 10.6 Å². The maximum atomic E-state index is 14.1. The van der Waals surface area contributed by atoms with Crippen molar-refractivity contribution in [1.82, 2.24) is 4.90 Å². The summed E-state index contributed by atoms with van der Waals surface area (Å²) in [4.78, 5) is 14.5. The Balaban J connectivity index is 2.27. The van der Waals surface area contributed by atoms with Crippen molar-refractivity contribution in [2.75, 3.05) is 13.1 Å². The van der Waals surface area contributed by atoms with Gasteiger partial charge in [-0.15, -0.1) is 0 Å². The quantitative estimate of drug-likeness (QED) is 0.925. The molecule has 2 unspecified atom stereocenters. The average molecular weight is 313 g/mol. The summed E-state index contributed by atoms with van der Waals surface area (Å²) in [6.45, 7) is 3.03. The van der Waals surface area contributed by atoms with E-state index in [0.29, 0.717) is 19.0 Å². The second-order valence-electron chi connectivity index (χ2n) is 5.54. The van der Waals surface area contributed by atoms with Gasteiger partial charge in [0.25, 0.3) is 5.91 Å². The molecule has 1 aromatic carbocycles. The summed E-state index contributed by atoms with van der Waals surface area (Å²) in [6, 6.07) is 4.65. The molecule has 2 rings (SSSR count). The van der Waals surface area contributed by atoms with Gasteiger partial charge in [0.2, 0.25) is 0 Å². The predicted octanol–water partition coefficient (Wildman–Crippen LogP) is 3.46. The number of benzene rings is 1. The Labute approximate surface area is 130 Å². The third-order valence-electron chi connectivity index (χ3n) is 4.36. The molecule has 0 aromatic heterocycles. The summed E-state index contributed by atoms with van der Waals surface area (Å²) in [5.74, 6) is -0.629. The fraction of sp³-hybridized carbons (Fsp3) is 0.562. The van der Waals surface area contributed by atoms with Crippen molar-refractivity contribution in [3.8, 4) is 0 Å². The second-order valence-corrected chi connectivity index (χ2v) is 5.95. The van der Waals surface area contributed by atoms with Crippen LogP contribution in [0.5, 0.6) is 0 Å². The fourth-order valence-corrected chi connectivity index (χ4v) is 3.40. The zero-order valence-corrected chi connectivity index (χ0v) is 13.1. The van der Waals surface area contributed by atoms with Gasteiger partial charge in [-0.25, -0.2) is 4.39 Å². The van der Waals surface area contributed by atoms with E-state index in [-0.39, 0.29) is 22.5 Å². The number of carbonyl (C=O) groups excluding carboxylic acids is 1. The van der Waals surface area contributed by atoms with E-state index in [1.807, 2.05) is 6.92 Å². The fourth-order valence-electron chi connectivity index (χ4n) is 3.23. The van der Waals surface area contributed by atoms with Crippen molar-refractivity contribution < 1.29 is 9.18 Å². The molecule has 0 heterocycles. The van der Waals surface area contributed by atoms with Gasteiger partial charge < -0.3 is 10.6 Å². The van der Waals surface area contributed by atoms with Crippen LogP contribution in [0.1, 0.15) is 43.0 Å². The van der Waals surface area contributed by atoms with E-state index in [9.17, 15) is 9.18 Å². The molecule has 1 aromatic rings. The molecule has 2 N–H and O–H groups in total. The second kappa shape index (κ2) is 7.23. The van der Waals surface area contributed by atoms with E-state index in [1.165, 1.54) is 12.1 Å². The number of nitrogens with two attached hydrogens (primary N) is 1. The molecule has 1 fully saturated rings. The van der Waals surface area contributed by atoms with Crippen molar-refractivity contribution in [1.29, 1.82) is 0 Å². The van der Waals surface area contributed by atoms with Crippen molar-refractivity contribution in [3.63, 3.8) is 0 Å². The first-order valence-electron chi connectivity index (χ1n) is 7.55. The van der Waals surface area contributed by atoms with E-state index in [0.717, 1.165) is 25.7 Å². The third kappa shape index (κ3) is 3.38. The van der Waals surface area contributed by atoms with Crippen LogP contribution in [-0.2, 0) is 0 Å². The van der Waals surface area contributed by atoms with Crippen LogP contribution in [0.3, 0.4) is 0 Å². The Morgan fingerprint density at radius 2 is 2.14 bits per heavy atom. The number of halogens is 2. The van der Waals surface area contributed by atoms with Crippen LogP contribution in [-0.4, -0.2) is 29.9 Å². The number of carbonyl (C=O) groups is 1. The first-order valence-corrected chi connectivity index (χ1v) is 7.93. The van der Waals surface area contributed by atoms with Crippen LogP contribution < -0.4 is 5.73 Å². The summed E-state index contributed by atoms with van der Waals surface area (Å²) >= 11 is 5.78. The lowest BCUT2D eigenvalue weighted by Gasteiger charge is -2.39. The molecule has 2 atom stereocenters. The molecule has 0 spiro atoms. The minimum Gasteiger partial charge on any atom is -0.336 e. The molecule has 0 saturated heterocycles. The molecular formula is C16H22ClFN2O. The highest BCUT2D eigenvalue weighted by Crippen LogP contribution is 2.29. The Bertz CT molecular complexity index is 509. The van der Waals surface area contributed by atoms with Crippen LogP contribution >= 0.6 is 11.6 Å². The van der Waals surface area contributed by atoms with Gasteiger partial charge in [0, 0.05) is 12.6 Å². The summed E-state index contributed by atoms with van der Waals surface area (Å²) in [7, 11) is 0. The van der Waals surface area contributed by atoms with Gasteiger partial charge in [-0.2, -0.15) is 0 Å². The van der Waals surface area contributed by atoms with Gasteiger partial charge in [-0.3, -0.25) is 4.79 Å². The summed E-state index contributed by atoms with van der Waals surface area (Å²) in [5, 5.41) is -0.0177. The molecule has 5 heteroatoms. The SMILES string of the molecule is CCN(C(=O)c1cccc(Cl)c1F)C1CCCCC1CN. The smallest absolute Gasteiger partial charge is 0.257 e. The molecule has 0 aliphatic heterocycles. The average Bonchev–Trinajstić information content (AvgIpc) is 2.51. The molecule has 116 valence electrons. The molecule has 1 aliphatic rings. The Morgan fingerprint density at radius 1 is 1.43 bits per heavy atom. The summed E-state index contributed by atoms with van der Waals surface area (Å²) < 4.78 is 14.1. The Hall–Kier alpha value is -1.13. The van der Waals surface area contributed by atoms with Crippen molar-refractivity contribution in [2.45, 2.75) is 38.6 Å². The van der Waals surface area contributed by atoms with Crippen LogP contribution in [0.4, 0.5) is 4.39 Å². The molecular weight excluding hydrogens is 291 g/mol. The molecule has 1 aliphatic carbocycles. The lowest BCUT2D eigenvalue weighted by atomic mass is 9.83. The van der Waals surface area contributed by atoms with Crippen molar-refractivity contribution in [2.24, 2.45) is 11.7 Å². The first-order chi connectivity index (χ1) is 10.1. The van der Waals surface area contributed by atoms with Crippen LogP contribution in [0, 0.1) is 11.7 Å². The van der Waals surface area contributed by atoms with E-state index < -0.39 is 5.82 Å². The van der Waals surface area contributed by atoms with Gasteiger partial charge in [0.15, 0.2) is 5.82 Å². The van der Waals surface area contributed by atoms with E-state index >= 15 is 0 Å². The van der Waals surface area contributed by atoms with Crippen LogP contribution in [0.2, 0.25) is 5.02 Å². The molecule has 0 bridgehead atoms. The largest absolute Gasteiger partial charge is 0.336 e. The summed E-state index contributed by atoms with van der Waals surface area (Å²) in [5.41, 5.74) is 5.89. The topological polar surface area (TPSA) is 46.3 Å².